The number of carbonyl (C=O) groups is 1. The Morgan fingerprint density at radius 2 is 1.70 bits per heavy atom. The average molecular weight is 371 g/mol. The van der Waals surface area contributed by atoms with Gasteiger partial charge >= 0.3 is 0 Å². The van der Waals surface area contributed by atoms with Gasteiger partial charge in [-0.25, -0.2) is 0 Å². The highest BCUT2D eigenvalue weighted by Crippen LogP contribution is 2.27. The van der Waals surface area contributed by atoms with E-state index in [9.17, 15) is 4.79 Å². The fourth-order valence-electron chi connectivity index (χ4n) is 3.28. The molecular weight excluding hydrogens is 344 g/mol. The van der Waals surface area contributed by atoms with Crippen LogP contribution >= 0.6 is 0 Å². The second kappa shape index (κ2) is 9.28. The molecule has 0 aliphatic carbocycles. The zero-order valence-corrected chi connectivity index (χ0v) is 15.9. The van der Waals surface area contributed by atoms with Crippen LogP contribution in [0.5, 0.6) is 17.2 Å². The van der Waals surface area contributed by atoms with Crippen LogP contribution in [0.15, 0.2) is 48.5 Å². The minimum absolute atomic E-state index is 0.0454. The molecule has 2 aromatic rings. The molecule has 1 aliphatic heterocycles. The van der Waals surface area contributed by atoms with E-state index in [0.717, 1.165) is 50.0 Å². The largest absolute Gasteiger partial charge is 0.493 e. The maximum atomic E-state index is 12.4. The lowest BCUT2D eigenvalue weighted by molar-refractivity contribution is -0.917. The summed E-state index contributed by atoms with van der Waals surface area (Å²) in [6.45, 7) is 4.34. The number of nitrogens with one attached hydrogen (secondary N) is 1. The van der Waals surface area contributed by atoms with Gasteiger partial charge in [0, 0.05) is 5.56 Å². The summed E-state index contributed by atoms with van der Waals surface area (Å²) in [6.07, 6.45) is 0. The first-order valence-corrected chi connectivity index (χ1v) is 9.19. The normalized spacial score (nSPS) is 14.7. The van der Waals surface area contributed by atoms with Crippen molar-refractivity contribution in [3.63, 3.8) is 0 Å². The molecule has 1 amide bonds. The third-order valence-electron chi connectivity index (χ3n) is 4.83. The van der Waals surface area contributed by atoms with E-state index in [4.69, 9.17) is 14.2 Å². The molecule has 0 bridgehead atoms. The number of rotatable bonds is 7. The van der Waals surface area contributed by atoms with Crippen molar-refractivity contribution >= 4 is 5.91 Å². The van der Waals surface area contributed by atoms with Crippen LogP contribution in [0.4, 0.5) is 0 Å². The zero-order valence-electron chi connectivity index (χ0n) is 15.9. The van der Waals surface area contributed by atoms with E-state index in [1.54, 1.807) is 14.2 Å². The Bertz CT molecular complexity index is 743. The number of quaternary nitrogens is 1. The summed E-state index contributed by atoms with van der Waals surface area (Å²) >= 11 is 0. The van der Waals surface area contributed by atoms with Crippen molar-refractivity contribution in [3.05, 3.63) is 54.1 Å². The van der Waals surface area contributed by atoms with Crippen LogP contribution in [0.25, 0.3) is 0 Å². The van der Waals surface area contributed by atoms with Gasteiger partial charge in [0.25, 0.3) is 5.91 Å². The number of amides is 1. The van der Waals surface area contributed by atoms with E-state index in [1.807, 2.05) is 47.4 Å². The molecule has 2 aromatic carbocycles. The molecule has 6 heteroatoms. The third-order valence-corrected chi connectivity index (χ3v) is 4.83. The van der Waals surface area contributed by atoms with E-state index in [1.165, 1.54) is 10.5 Å². The van der Waals surface area contributed by atoms with Crippen LogP contribution in [0, 0.1) is 0 Å². The zero-order chi connectivity index (χ0) is 19.1. The number of piperazine rings is 1. The molecule has 0 atom stereocenters. The Hall–Kier alpha value is -2.73. The van der Waals surface area contributed by atoms with Crippen molar-refractivity contribution in [1.82, 2.24) is 4.90 Å². The van der Waals surface area contributed by atoms with Crippen LogP contribution in [0.3, 0.4) is 0 Å². The summed E-state index contributed by atoms with van der Waals surface area (Å²) in [4.78, 5) is 15.7. The molecule has 144 valence electrons. The van der Waals surface area contributed by atoms with E-state index < -0.39 is 0 Å². The minimum Gasteiger partial charge on any atom is -0.493 e. The maximum absolute atomic E-state index is 12.4. The Kier molecular flexibility index (Phi) is 6.54. The molecule has 1 N–H and O–H groups in total. The fourth-order valence-corrected chi connectivity index (χ4v) is 3.28. The van der Waals surface area contributed by atoms with Gasteiger partial charge in [0.2, 0.25) is 0 Å². The molecule has 3 rings (SSSR count). The van der Waals surface area contributed by atoms with Crippen LogP contribution in [0.2, 0.25) is 0 Å². The van der Waals surface area contributed by atoms with Crippen molar-refractivity contribution in [1.29, 1.82) is 0 Å². The van der Waals surface area contributed by atoms with Gasteiger partial charge < -0.3 is 24.0 Å². The number of carbonyl (C=O) groups excluding carboxylic acids is 1. The molecule has 0 aromatic heterocycles. The summed E-state index contributed by atoms with van der Waals surface area (Å²) in [5.41, 5.74) is 1.20. The molecule has 1 saturated heterocycles. The van der Waals surface area contributed by atoms with Crippen molar-refractivity contribution in [2.75, 3.05) is 47.0 Å². The second-order valence-corrected chi connectivity index (χ2v) is 6.60. The van der Waals surface area contributed by atoms with Crippen molar-refractivity contribution in [2.24, 2.45) is 0 Å². The predicted molar refractivity (Wildman–Crippen MR) is 102 cm³/mol. The van der Waals surface area contributed by atoms with Crippen molar-refractivity contribution in [3.8, 4) is 17.2 Å². The summed E-state index contributed by atoms with van der Waals surface area (Å²) in [6, 6.07) is 15.5. The number of ether oxygens (including phenoxy) is 3. The quantitative estimate of drug-likeness (QED) is 0.789. The first-order valence-electron chi connectivity index (χ1n) is 9.19. The Morgan fingerprint density at radius 3 is 2.37 bits per heavy atom. The molecule has 1 aliphatic rings. The first kappa shape index (κ1) is 19.0. The van der Waals surface area contributed by atoms with E-state index >= 15 is 0 Å². The lowest BCUT2D eigenvalue weighted by Crippen LogP contribution is -3.13. The highest BCUT2D eigenvalue weighted by Gasteiger charge is 2.24. The number of benzene rings is 2. The number of hydrogen-bond acceptors (Lipinski definition) is 4. The monoisotopic (exact) mass is 371 g/mol. The Morgan fingerprint density at radius 1 is 1.00 bits per heavy atom. The van der Waals surface area contributed by atoms with Gasteiger partial charge in [-0.2, -0.15) is 0 Å². The molecule has 1 heterocycles. The minimum atomic E-state index is 0.0454. The van der Waals surface area contributed by atoms with Crippen LogP contribution in [-0.4, -0.2) is 57.8 Å². The highest BCUT2D eigenvalue weighted by atomic mass is 16.5. The second-order valence-electron chi connectivity index (χ2n) is 6.60. The Labute approximate surface area is 160 Å². The standard InChI is InChI=1S/C21H26N2O4/c1-25-19-9-8-17(14-20(19)26-2)15-22-10-12-23(13-11-22)21(24)16-27-18-6-4-3-5-7-18/h3-9,14H,10-13,15-16H2,1-2H3/p+1. The lowest BCUT2D eigenvalue weighted by Gasteiger charge is -2.32. The third kappa shape index (κ3) is 5.14. The van der Waals surface area contributed by atoms with Gasteiger partial charge in [-0.15, -0.1) is 0 Å². The number of hydrogen-bond donors (Lipinski definition) is 1. The summed E-state index contributed by atoms with van der Waals surface area (Å²) in [7, 11) is 3.29. The fraction of sp³-hybridized carbons (Fsp3) is 0.381. The summed E-state index contributed by atoms with van der Waals surface area (Å²) in [5.74, 6) is 2.26. The Balaban J connectivity index is 1.46. The molecule has 0 saturated carbocycles. The smallest absolute Gasteiger partial charge is 0.260 e. The van der Waals surface area contributed by atoms with E-state index in [-0.39, 0.29) is 12.5 Å². The average Bonchev–Trinajstić information content (AvgIpc) is 2.73. The van der Waals surface area contributed by atoms with Gasteiger partial charge in [0.1, 0.15) is 12.3 Å². The molecule has 27 heavy (non-hydrogen) atoms. The van der Waals surface area contributed by atoms with Crippen molar-refractivity contribution < 1.29 is 23.9 Å². The molecule has 0 unspecified atom stereocenters. The van der Waals surface area contributed by atoms with Crippen LogP contribution in [0.1, 0.15) is 5.56 Å². The van der Waals surface area contributed by atoms with E-state index in [2.05, 4.69) is 6.07 Å². The van der Waals surface area contributed by atoms with E-state index in [0.29, 0.717) is 0 Å². The van der Waals surface area contributed by atoms with Crippen LogP contribution in [-0.2, 0) is 11.3 Å². The molecule has 6 nitrogen and oxygen atoms in total. The maximum Gasteiger partial charge on any atom is 0.260 e. The summed E-state index contributed by atoms with van der Waals surface area (Å²) in [5, 5.41) is 0. The van der Waals surface area contributed by atoms with Crippen molar-refractivity contribution in [2.45, 2.75) is 6.54 Å². The van der Waals surface area contributed by atoms with Gasteiger partial charge in [-0.1, -0.05) is 18.2 Å². The van der Waals surface area contributed by atoms with Gasteiger partial charge in [0.15, 0.2) is 18.1 Å². The number of methoxy groups -OCH3 is 2. The lowest BCUT2D eigenvalue weighted by atomic mass is 10.1. The SMILES string of the molecule is COc1ccc(C[NH+]2CCN(C(=O)COc3ccccc3)CC2)cc1OC. The highest BCUT2D eigenvalue weighted by molar-refractivity contribution is 5.77. The molecule has 0 radical (unpaired) electrons. The molecule has 1 fully saturated rings. The van der Waals surface area contributed by atoms with Gasteiger partial charge in [-0.05, 0) is 30.3 Å². The topological polar surface area (TPSA) is 52.4 Å². The van der Waals surface area contributed by atoms with Gasteiger partial charge in [0.05, 0.1) is 40.4 Å². The molecular formula is C21H27N2O4+. The number of para-hydroxylation sites is 1. The number of nitrogens with zero attached hydrogens (tertiary/aromatic N) is 1. The first-order chi connectivity index (χ1) is 13.2. The molecule has 0 spiro atoms. The van der Waals surface area contributed by atoms with Gasteiger partial charge in [-0.3, -0.25) is 4.79 Å². The van der Waals surface area contributed by atoms with Crippen LogP contribution < -0.4 is 19.1 Å². The predicted octanol–water partition coefficient (Wildman–Crippen LogP) is 1.01. The summed E-state index contributed by atoms with van der Waals surface area (Å²) < 4.78 is 16.2.